The van der Waals surface area contributed by atoms with Gasteiger partial charge in [-0.2, -0.15) is 0 Å². The van der Waals surface area contributed by atoms with Gasteiger partial charge < -0.3 is 9.30 Å². The summed E-state index contributed by atoms with van der Waals surface area (Å²) in [5.74, 6) is 0.731. The van der Waals surface area contributed by atoms with E-state index in [0.29, 0.717) is 5.56 Å². The second-order valence-corrected chi connectivity index (χ2v) is 4.58. The molecule has 0 saturated carbocycles. The van der Waals surface area contributed by atoms with Crippen LogP contribution in [0.4, 0.5) is 5.69 Å². The largest absolute Gasteiger partial charge is 0.497 e. The van der Waals surface area contributed by atoms with Gasteiger partial charge >= 0.3 is 0 Å². The lowest BCUT2D eigenvalue weighted by Crippen LogP contribution is -1.95. The van der Waals surface area contributed by atoms with Gasteiger partial charge in [0, 0.05) is 12.2 Å². The number of nitrogens with zero attached hydrogens (tertiary/aromatic N) is 2. The topological polar surface area (TPSA) is 57.3 Å². The molecule has 0 aliphatic rings. The molecule has 0 atom stereocenters. The lowest BCUT2D eigenvalue weighted by atomic mass is 10.1. The standard InChI is InChI=1S/C14H16N2O3/c1-10(2)15-8-13(14(9-15)16(17)18)11-4-6-12(19-3)7-5-11/h4-10H,1-3H3. The van der Waals surface area contributed by atoms with E-state index < -0.39 is 0 Å². The van der Waals surface area contributed by atoms with E-state index in [2.05, 4.69) is 0 Å². The van der Waals surface area contributed by atoms with Crippen LogP contribution < -0.4 is 4.74 Å². The van der Waals surface area contributed by atoms with Gasteiger partial charge in [0.25, 0.3) is 5.69 Å². The maximum atomic E-state index is 11.1. The Morgan fingerprint density at radius 1 is 1.21 bits per heavy atom. The van der Waals surface area contributed by atoms with Gasteiger partial charge in [0.2, 0.25) is 0 Å². The zero-order chi connectivity index (χ0) is 14.0. The van der Waals surface area contributed by atoms with E-state index in [4.69, 9.17) is 4.74 Å². The van der Waals surface area contributed by atoms with Gasteiger partial charge in [0.1, 0.15) is 5.75 Å². The minimum Gasteiger partial charge on any atom is -0.497 e. The van der Waals surface area contributed by atoms with Crippen molar-refractivity contribution >= 4 is 5.69 Å². The summed E-state index contributed by atoms with van der Waals surface area (Å²) in [6.07, 6.45) is 3.38. The molecule has 0 aliphatic heterocycles. The van der Waals surface area contributed by atoms with E-state index in [1.165, 1.54) is 0 Å². The third-order valence-electron chi connectivity index (χ3n) is 3.02. The van der Waals surface area contributed by atoms with Gasteiger partial charge in [0.05, 0.1) is 23.8 Å². The summed E-state index contributed by atoms with van der Waals surface area (Å²) in [6, 6.07) is 7.43. The zero-order valence-corrected chi connectivity index (χ0v) is 11.2. The molecule has 0 spiro atoms. The Morgan fingerprint density at radius 3 is 2.32 bits per heavy atom. The number of nitro groups is 1. The number of hydrogen-bond acceptors (Lipinski definition) is 3. The fourth-order valence-electron chi connectivity index (χ4n) is 1.90. The van der Waals surface area contributed by atoms with Crippen LogP contribution >= 0.6 is 0 Å². The second-order valence-electron chi connectivity index (χ2n) is 4.58. The minimum atomic E-state index is -0.349. The summed E-state index contributed by atoms with van der Waals surface area (Å²) in [4.78, 5) is 10.8. The fourth-order valence-corrected chi connectivity index (χ4v) is 1.90. The lowest BCUT2D eigenvalue weighted by molar-refractivity contribution is -0.384. The highest BCUT2D eigenvalue weighted by Gasteiger charge is 2.19. The predicted molar refractivity (Wildman–Crippen MR) is 73.5 cm³/mol. The van der Waals surface area contributed by atoms with Crippen LogP contribution in [0.1, 0.15) is 19.9 Å². The van der Waals surface area contributed by atoms with Crippen molar-refractivity contribution in [3.63, 3.8) is 0 Å². The SMILES string of the molecule is COc1ccc(-c2cn(C(C)C)cc2[N+](=O)[O-])cc1. The molecule has 0 N–H and O–H groups in total. The molecule has 0 aliphatic carbocycles. The summed E-state index contributed by atoms with van der Waals surface area (Å²) in [5.41, 5.74) is 1.56. The normalized spacial score (nSPS) is 10.7. The average molecular weight is 260 g/mol. The van der Waals surface area contributed by atoms with Crippen molar-refractivity contribution in [1.29, 1.82) is 0 Å². The van der Waals surface area contributed by atoms with Crippen LogP contribution in [0.2, 0.25) is 0 Å². The highest BCUT2D eigenvalue weighted by molar-refractivity contribution is 5.73. The van der Waals surface area contributed by atoms with E-state index in [9.17, 15) is 10.1 Å². The lowest BCUT2D eigenvalue weighted by Gasteiger charge is -2.04. The number of benzene rings is 1. The number of rotatable bonds is 4. The van der Waals surface area contributed by atoms with Gasteiger partial charge in [-0.1, -0.05) is 12.1 Å². The Labute approximate surface area is 111 Å². The van der Waals surface area contributed by atoms with Crippen molar-refractivity contribution in [3.05, 3.63) is 46.8 Å². The van der Waals surface area contributed by atoms with Gasteiger partial charge in [0.15, 0.2) is 0 Å². The van der Waals surface area contributed by atoms with Crippen LogP contribution in [-0.2, 0) is 0 Å². The molecular weight excluding hydrogens is 244 g/mol. The van der Waals surface area contributed by atoms with Crippen molar-refractivity contribution in [3.8, 4) is 16.9 Å². The van der Waals surface area contributed by atoms with Crippen molar-refractivity contribution in [2.24, 2.45) is 0 Å². The fraction of sp³-hybridized carbons (Fsp3) is 0.286. The first-order valence-electron chi connectivity index (χ1n) is 6.03. The average Bonchev–Trinajstić information content (AvgIpc) is 2.84. The van der Waals surface area contributed by atoms with Crippen molar-refractivity contribution in [2.75, 3.05) is 7.11 Å². The molecular formula is C14H16N2O3. The Kier molecular flexibility index (Phi) is 3.55. The van der Waals surface area contributed by atoms with Crippen LogP contribution in [0.5, 0.6) is 5.75 Å². The second kappa shape index (κ2) is 5.14. The van der Waals surface area contributed by atoms with Crippen LogP contribution in [0.3, 0.4) is 0 Å². The monoisotopic (exact) mass is 260 g/mol. The first-order chi connectivity index (χ1) is 9.02. The quantitative estimate of drug-likeness (QED) is 0.622. The molecule has 0 radical (unpaired) electrons. The molecule has 0 amide bonds. The molecule has 1 heterocycles. The van der Waals surface area contributed by atoms with Gasteiger partial charge in [-0.05, 0) is 31.5 Å². The first kappa shape index (κ1) is 13.1. The van der Waals surface area contributed by atoms with E-state index in [-0.39, 0.29) is 16.7 Å². The molecule has 0 fully saturated rings. The van der Waals surface area contributed by atoms with Crippen LogP contribution in [0, 0.1) is 10.1 Å². The molecule has 5 nitrogen and oxygen atoms in total. The Morgan fingerprint density at radius 2 is 1.84 bits per heavy atom. The van der Waals surface area contributed by atoms with Crippen LogP contribution in [-0.4, -0.2) is 16.6 Å². The number of methoxy groups -OCH3 is 1. The molecule has 0 saturated heterocycles. The highest BCUT2D eigenvalue weighted by atomic mass is 16.6. The molecule has 1 aromatic heterocycles. The molecule has 5 heteroatoms. The minimum absolute atomic E-state index is 0.124. The summed E-state index contributed by atoms with van der Waals surface area (Å²) in [5, 5.41) is 11.1. The summed E-state index contributed by atoms with van der Waals surface area (Å²) in [6.45, 7) is 3.98. The van der Waals surface area contributed by atoms with Crippen LogP contribution in [0.15, 0.2) is 36.7 Å². The van der Waals surface area contributed by atoms with Crippen LogP contribution in [0.25, 0.3) is 11.1 Å². The summed E-state index contributed by atoms with van der Waals surface area (Å²) >= 11 is 0. The number of aromatic nitrogens is 1. The predicted octanol–water partition coefficient (Wildman–Crippen LogP) is 3.65. The molecule has 0 unspecified atom stereocenters. The third kappa shape index (κ3) is 2.59. The summed E-state index contributed by atoms with van der Waals surface area (Å²) in [7, 11) is 1.59. The van der Waals surface area contributed by atoms with Gasteiger partial charge in [-0.25, -0.2) is 0 Å². The maximum absolute atomic E-state index is 11.1. The Hall–Kier alpha value is -2.30. The third-order valence-corrected chi connectivity index (χ3v) is 3.02. The molecule has 0 bridgehead atoms. The maximum Gasteiger partial charge on any atom is 0.294 e. The Balaban J connectivity index is 2.49. The molecule has 100 valence electrons. The van der Waals surface area contributed by atoms with Gasteiger partial charge in [-0.3, -0.25) is 10.1 Å². The summed E-state index contributed by atoms with van der Waals surface area (Å²) < 4.78 is 6.93. The van der Waals surface area contributed by atoms with Gasteiger partial charge in [-0.15, -0.1) is 0 Å². The molecule has 2 aromatic rings. The Bertz CT molecular complexity index is 585. The first-order valence-corrected chi connectivity index (χ1v) is 6.03. The van der Waals surface area contributed by atoms with E-state index in [0.717, 1.165) is 11.3 Å². The van der Waals surface area contributed by atoms with Crippen molar-refractivity contribution in [1.82, 2.24) is 4.57 Å². The van der Waals surface area contributed by atoms with E-state index >= 15 is 0 Å². The molecule has 2 rings (SSSR count). The van der Waals surface area contributed by atoms with Crippen molar-refractivity contribution < 1.29 is 9.66 Å². The number of hydrogen-bond donors (Lipinski definition) is 0. The van der Waals surface area contributed by atoms with E-state index in [1.807, 2.05) is 36.7 Å². The highest BCUT2D eigenvalue weighted by Crippen LogP contribution is 2.33. The van der Waals surface area contributed by atoms with Crippen molar-refractivity contribution in [2.45, 2.75) is 19.9 Å². The molecule has 19 heavy (non-hydrogen) atoms. The van der Waals surface area contributed by atoms with E-state index in [1.54, 1.807) is 25.4 Å². The molecule has 1 aromatic carbocycles. The zero-order valence-electron chi connectivity index (χ0n) is 11.2. The number of ether oxygens (including phenoxy) is 1. The smallest absolute Gasteiger partial charge is 0.294 e.